The number of rotatable bonds is 3. The summed E-state index contributed by atoms with van der Waals surface area (Å²) in [5, 5.41) is 0. The number of methoxy groups -OCH3 is 1. The Morgan fingerprint density at radius 1 is 1.29 bits per heavy atom. The highest BCUT2D eigenvalue weighted by atomic mass is 32.2. The lowest BCUT2D eigenvalue weighted by Gasteiger charge is -2.48. The number of pyridine rings is 1. The van der Waals surface area contributed by atoms with Crippen LogP contribution in [0.4, 0.5) is 0 Å². The zero-order valence-electron chi connectivity index (χ0n) is 14.2. The van der Waals surface area contributed by atoms with Crippen LogP contribution in [0.1, 0.15) is 36.0 Å². The summed E-state index contributed by atoms with van der Waals surface area (Å²) >= 11 is 2.08. The van der Waals surface area contributed by atoms with Crippen molar-refractivity contribution in [3.8, 4) is 5.88 Å². The monoisotopic (exact) mass is 347 g/mol. The standard InChI is InChI=1S/C18H25N3O2S/c1-23-16-6-5-14(10-19-16)17(22)21-12-18(13-21)9-15(11-24-18)20-7-3-2-4-8-20/h5-6,10,15H,2-4,7-9,11-13H2,1H3. The fourth-order valence-electron chi connectivity index (χ4n) is 4.16. The molecule has 5 nitrogen and oxygen atoms in total. The number of piperidine rings is 1. The Balaban J connectivity index is 1.33. The van der Waals surface area contributed by atoms with Gasteiger partial charge in [-0.1, -0.05) is 6.42 Å². The molecule has 6 heteroatoms. The van der Waals surface area contributed by atoms with Gasteiger partial charge in [0.1, 0.15) is 0 Å². The van der Waals surface area contributed by atoms with Crippen molar-refractivity contribution in [2.45, 2.75) is 36.5 Å². The van der Waals surface area contributed by atoms with Crippen molar-refractivity contribution < 1.29 is 9.53 Å². The molecule has 4 rings (SSSR count). The van der Waals surface area contributed by atoms with Gasteiger partial charge in [0.2, 0.25) is 5.88 Å². The molecule has 1 aromatic heterocycles. The number of likely N-dealkylation sites (tertiary alicyclic amines) is 2. The maximum Gasteiger partial charge on any atom is 0.255 e. The number of thioether (sulfide) groups is 1. The second-order valence-electron chi connectivity index (χ2n) is 7.20. The molecule has 1 spiro atoms. The van der Waals surface area contributed by atoms with E-state index in [-0.39, 0.29) is 5.91 Å². The van der Waals surface area contributed by atoms with Crippen molar-refractivity contribution in [1.82, 2.24) is 14.8 Å². The lowest BCUT2D eigenvalue weighted by molar-refractivity contribution is 0.0518. The second-order valence-corrected chi connectivity index (χ2v) is 8.69. The van der Waals surface area contributed by atoms with Gasteiger partial charge in [0.15, 0.2) is 0 Å². The van der Waals surface area contributed by atoms with Gasteiger partial charge in [-0.15, -0.1) is 11.8 Å². The molecule has 0 saturated carbocycles. The van der Waals surface area contributed by atoms with Crippen LogP contribution >= 0.6 is 11.8 Å². The van der Waals surface area contributed by atoms with Crippen LogP contribution in [0.3, 0.4) is 0 Å². The molecule has 0 bridgehead atoms. The molecule has 4 heterocycles. The van der Waals surface area contributed by atoms with Crippen LogP contribution in [0, 0.1) is 0 Å². The largest absolute Gasteiger partial charge is 0.481 e. The van der Waals surface area contributed by atoms with Gasteiger partial charge in [-0.05, 0) is 38.4 Å². The third kappa shape index (κ3) is 3.02. The number of nitrogens with zero attached hydrogens (tertiary/aromatic N) is 3. The molecule has 1 unspecified atom stereocenters. The highest BCUT2D eigenvalue weighted by Gasteiger charge is 2.51. The molecule has 24 heavy (non-hydrogen) atoms. The Morgan fingerprint density at radius 3 is 2.75 bits per heavy atom. The summed E-state index contributed by atoms with van der Waals surface area (Å²) in [5.74, 6) is 1.87. The fraction of sp³-hybridized carbons (Fsp3) is 0.667. The molecule has 0 radical (unpaired) electrons. The van der Waals surface area contributed by atoms with Crippen LogP contribution in [0.25, 0.3) is 0 Å². The second kappa shape index (κ2) is 6.56. The minimum atomic E-state index is 0.0952. The van der Waals surface area contributed by atoms with Crippen LogP contribution in [-0.4, -0.2) is 70.5 Å². The minimum absolute atomic E-state index is 0.0952. The van der Waals surface area contributed by atoms with Crippen molar-refractivity contribution in [2.24, 2.45) is 0 Å². The molecule has 0 aliphatic carbocycles. The number of carbonyl (C=O) groups is 1. The van der Waals surface area contributed by atoms with Gasteiger partial charge >= 0.3 is 0 Å². The predicted molar refractivity (Wildman–Crippen MR) is 95.7 cm³/mol. The van der Waals surface area contributed by atoms with Crippen molar-refractivity contribution in [3.63, 3.8) is 0 Å². The van der Waals surface area contributed by atoms with E-state index in [9.17, 15) is 4.79 Å². The topological polar surface area (TPSA) is 45.7 Å². The molecule has 3 aliphatic heterocycles. The van der Waals surface area contributed by atoms with Crippen LogP contribution in [-0.2, 0) is 0 Å². The number of ether oxygens (including phenoxy) is 1. The Hall–Kier alpha value is -1.27. The van der Waals surface area contributed by atoms with Gasteiger partial charge in [0, 0.05) is 37.1 Å². The van der Waals surface area contributed by atoms with E-state index >= 15 is 0 Å². The smallest absolute Gasteiger partial charge is 0.255 e. The van der Waals surface area contributed by atoms with E-state index in [0.717, 1.165) is 19.1 Å². The predicted octanol–water partition coefficient (Wildman–Crippen LogP) is 2.28. The van der Waals surface area contributed by atoms with Gasteiger partial charge in [-0.2, -0.15) is 0 Å². The molecule has 0 aromatic carbocycles. The summed E-state index contributed by atoms with van der Waals surface area (Å²) in [7, 11) is 1.58. The van der Waals surface area contributed by atoms with Crippen molar-refractivity contribution in [3.05, 3.63) is 23.9 Å². The molecule has 1 amide bonds. The van der Waals surface area contributed by atoms with Crippen molar-refractivity contribution in [2.75, 3.05) is 39.0 Å². The maximum atomic E-state index is 12.6. The average molecular weight is 347 g/mol. The molecule has 1 atom stereocenters. The van der Waals surface area contributed by atoms with E-state index in [2.05, 4.69) is 21.6 Å². The van der Waals surface area contributed by atoms with E-state index in [0.29, 0.717) is 16.2 Å². The van der Waals surface area contributed by atoms with Gasteiger partial charge in [0.05, 0.1) is 17.4 Å². The summed E-state index contributed by atoms with van der Waals surface area (Å²) in [6, 6.07) is 4.27. The number of hydrogen-bond acceptors (Lipinski definition) is 5. The fourth-order valence-corrected chi connectivity index (χ4v) is 5.84. The first kappa shape index (κ1) is 16.2. The van der Waals surface area contributed by atoms with E-state index in [1.807, 2.05) is 4.90 Å². The Labute approximate surface area is 147 Å². The zero-order chi connectivity index (χ0) is 16.6. The van der Waals surface area contributed by atoms with E-state index in [1.165, 1.54) is 44.5 Å². The number of hydrogen-bond donors (Lipinski definition) is 0. The molecule has 3 aliphatic rings. The summed E-state index contributed by atoms with van der Waals surface area (Å²) in [6.45, 7) is 4.29. The number of amides is 1. The highest BCUT2D eigenvalue weighted by molar-refractivity contribution is 8.01. The minimum Gasteiger partial charge on any atom is -0.481 e. The van der Waals surface area contributed by atoms with Gasteiger partial charge < -0.3 is 9.64 Å². The summed E-state index contributed by atoms with van der Waals surface area (Å²) in [4.78, 5) is 21.4. The Bertz CT molecular complexity index is 595. The summed E-state index contributed by atoms with van der Waals surface area (Å²) in [5.41, 5.74) is 0.654. The van der Waals surface area contributed by atoms with Crippen LogP contribution in [0.2, 0.25) is 0 Å². The molecule has 3 saturated heterocycles. The van der Waals surface area contributed by atoms with Crippen LogP contribution < -0.4 is 4.74 Å². The third-order valence-corrected chi connectivity index (χ3v) is 7.12. The van der Waals surface area contributed by atoms with E-state index < -0.39 is 0 Å². The quantitative estimate of drug-likeness (QED) is 0.839. The Morgan fingerprint density at radius 2 is 2.08 bits per heavy atom. The maximum absolute atomic E-state index is 12.6. The van der Waals surface area contributed by atoms with E-state index in [1.54, 1.807) is 25.4 Å². The first-order valence-electron chi connectivity index (χ1n) is 8.86. The highest BCUT2D eigenvalue weighted by Crippen LogP contribution is 2.47. The van der Waals surface area contributed by atoms with Gasteiger partial charge in [-0.25, -0.2) is 4.98 Å². The summed E-state index contributed by atoms with van der Waals surface area (Å²) < 4.78 is 5.35. The van der Waals surface area contributed by atoms with E-state index in [4.69, 9.17) is 4.74 Å². The first-order valence-corrected chi connectivity index (χ1v) is 9.85. The van der Waals surface area contributed by atoms with Crippen molar-refractivity contribution in [1.29, 1.82) is 0 Å². The number of aromatic nitrogens is 1. The third-order valence-electron chi connectivity index (χ3n) is 5.53. The SMILES string of the molecule is COc1ccc(C(=O)N2CC3(CC(N4CCCCC4)CS3)C2)cn1. The lowest BCUT2D eigenvalue weighted by Crippen LogP contribution is -2.61. The van der Waals surface area contributed by atoms with Crippen LogP contribution in [0.15, 0.2) is 18.3 Å². The molecular weight excluding hydrogens is 322 g/mol. The Kier molecular flexibility index (Phi) is 4.43. The zero-order valence-corrected chi connectivity index (χ0v) is 15.1. The molecule has 3 fully saturated rings. The molecule has 130 valence electrons. The summed E-state index contributed by atoms with van der Waals surface area (Å²) in [6.07, 6.45) is 6.94. The van der Waals surface area contributed by atoms with Crippen LogP contribution in [0.5, 0.6) is 5.88 Å². The van der Waals surface area contributed by atoms with Gasteiger partial charge in [0.25, 0.3) is 5.91 Å². The molecule has 0 N–H and O–H groups in total. The molecular formula is C18H25N3O2S. The molecule has 1 aromatic rings. The first-order chi connectivity index (χ1) is 11.7. The van der Waals surface area contributed by atoms with Gasteiger partial charge in [-0.3, -0.25) is 9.69 Å². The lowest BCUT2D eigenvalue weighted by atomic mass is 9.90. The average Bonchev–Trinajstić information content (AvgIpc) is 3.06. The number of carbonyl (C=O) groups excluding carboxylic acids is 1. The normalized spacial score (nSPS) is 26.4. The van der Waals surface area contributed by atoms with Crippen molar-refractivity contribution >= 4 is 17.7 Å².